The van der Waals surface area contributed by atoms with Crippen LogP contribution in [0.25, 0.3) is 77.8 Å². The number of pyridine rings is 3. The Hall–Kier alpha value is -7.63. The van der Waals surface area contributed by atoms with Crippen molar-refractivity contribution in [2.24, 2.45) is 0 Å². The first kappa shape index (κ1) is 31.7. The maximum atomic E-state index is 5.67. The third-order valence-electron chi connectivity index (χ3n) is 11.9. The number of hydrogen-bond donors (Lipinski definition) is 0. The van der Waals surface area contributed by atoms with Crippen LogP contribution in [0.5, 0.6) is 0 Å². The summed E-state index contributed by atoms with van der Waals surface area (Å²) in [6, 6.07) is 67.6. The summed E-state index contributed by atoms with van der Waals surface area (Å²) >= 11 is 0. The summed E-state index contributed by atoms with van der Waals surface area (Å²) in [5.41, 5.74) is 17.1. The highest BCUT2D eigenvalue weighted by Gasteiger charge is 2.47. The van der Waals surface area contributed by atoms with Crippen molar-refractivity contribution in [1.29, 1.82) is 0 Å². The van der Waals surface area contributed by atoms with Gasteiger partial charge in [0.05, 0.1) is 27.7 Å². The van der Waals surface area contributed by atoms with Crippen LogP contribution >= 0.6 is 0 Å². The van der Waals surface area contributed by atoms with E-state index >= 15 is 0 Å². The Morgan fingerprint density at radius 1 is 0.404 bits per heavy atom. The molecule has 5 aromatic heterocycles. The Morgan fingerprint density at radius 2 is 0.930 bits per heavy atom. The molecule has 0 atom stereocenters. The number of para-hydroxylation sites is 1. The fraction of sp³-hybridized carbons (Fsp3) is 0.0192. The molecule has 0 saturated carbocycles. The van der Waals surface area contributed by atoms with E-state index in [0.717, 1.165) is 66.8 Å². The van der Waals surface area contributed by atoms with E-state index in [9.17, 15) is 0 Å². The summed E-state index contributed by atoms with van der Waals surface area (Å²) in [4.78, 5) is 15.0. The first-order valence-corrected chi connectivity index (χ1v) is 19.4. The van der Waals surface area contributed by atoms with Crippen molar-refractivity contribution in [2.75, 3.05) is 0 Å². The van der Waals surface area contributed by atoms with Gasteiger partial charge in [-0.15, -0.1) is 0 Å². The molecule has 0 radical (unpaired) electrons. The normalized spacial score (nSPS) is 13.1. The predicted octanol–water partition coefficient (Wildman–Crippen LogP) is 12.1. The molecule has 5 heterocycles. The molecule has 0 spiro atoms. The van der Waals surface area contributed by atoms with E-state index in [4.69, 9.17) is 4.98 Å². The molecule has 266 valence electrons. The van der Waals surface area contributed by atoms with E-state index in [2.05, 4.69) is 195 Å². The van der Waals surface area contributed by atoms with Gasteiger partial charge in [0.1, 0.15) is 16.7 Å². The monoisotopic (exact) mass is 727 g/mol. The second-order valence-electron chi connectivity index (χ2n) is 14.8. The molecule has 57 heavy (non-hydrogen) atoms. The predicted molar refractivity (Wildman–Crippen MR) is 231 cm³/mol. The highest BCUT2D eigenvalue weighted by atomic mass is 15.1. The molecule has 0 fully saturated rings. The lowest BCUT2D eigenvalue weighted by atomic mass is 9.68. The third kappa shape index (κ3) is 4.48. The maximum absolute atomic E-state index is 5.67. The highest BCUT2D eigenvalue weighted by molar-refractivity contribution is 6.10. The molecule has 5 heteroatoms. The molecular weight excluding hydrogens is 695 g/mol. The first-order valence-electron chi connectivity index (χ1n) is 19.4. The van der Waals surface area contributed by atoms with E-state index in [1.807, 2.05) is 24.5 Å². The average molecular weight is 728 g/mol. The zero-order valence-corrected chi connectivity index (χ0v) is 30.8. The third-order valence-corrected chi connectivity index (χ3v) is 11.9. The number of benzene rings is 6. The van der Waals surface area contributed by atoms with Gasteiger partial charge in [-0.05, 0) is 94.0 Å². The van der Waals surface area contributed by atoms with Crippen LogP contribution in [0.2, 0.25) is 0 Å². The molecule has 6 aromatic carbocycles. The molecule has 1 aliphatic rings. The lowest BCUT2D eigenvalue weighted by Gasteiger charge is -2.33. The summed E-state index contributed by atoms with van der Waals surface area (Å²) < 4.78 is 4.57. The van der Waals surface area contributed by atoms with Crippen LogP contribution in [0.3, 0.4) is 0 Å². The SMILES string of the molecule is c1ccc(C2(c3ccccc3)c3ccccc3-c3nc4c(cc32)c2ccccc2n4-c2ccc(-c3ccc(-n4c5cccnc5c5ncccc54)cc3)cc2)cc1. The van der Waals surface area contributed by atoms with Crippen LogP contribution in [-0.2, 0) is 5.41 Å². The van der Waals surface area contributed by atoms with E-state index < -0.39 is 5.41 Å². The number of nitrogens with zero attached hydrogens (tertiary/aromatic N) is 5. The minimum absolute atomic E-state index is 0.509. The van der Waals surface area contributed by atoms with Crippen LogP contribution in [0, 0.1) is 0 Å². The number of fused-ring (bicyclic) bond motifs is 9. The Morgan fingerprint density at radius 3 is 1.56 bits per heavy atom. The first-order chi connectivity index (χ1) is 28.3. The van der Waals surface area contributed by atoms with E-state index in [1.54, 1.807) is 0 Å². The van der Waals surface area contributed by atoms with Gasteiger partial charge in [-0.25, -0.2) is 4.98 Å². The smallest absolute Gasteiger partial charge is 0.146 e. The topological polar surface area (TPSA) is 48.5 Å². The Bertz CT molecular complexity index is 3230. The molecule has 1 aliphatic carbocycles. The lowest BCUT2D eigenvalue weighted by molar-refractivity contribution is 0.768. The van der Waals surface area contributed by atoms with E-state index in [0.29, 0.717) is 0 Å². The molecule has 5 nitrogen and oxygen atoms in total. The maximum Gasteiger partial charge on any atom is 0.146 e. The van der Waals surface area contributed by atoms with Gasteiger partial charge in [-0.1, -0.05) is 127 Å². The zero-order valence-electron chi connectivity index (χ0n) is 30.8. The Kier molecular flexibility index (Phi) is 6.78. The second kappa shape index (κ2) is 12.2. The van der Waals surface area contributed by atoms with Gasteiger partial charge >= 0.3 is 0 Å². The van der Waals surface area contributed by atoms with Gasteiger partial charge in [0.2, 0.25) is 0 Å². The Balaban J connectivity index is 1.00. The number of hydrogen-bond acceptors (Lipinski definition) is 3. The van der Waals surface area contributed by atoms with Crippen LogP contribution in [-0.4, -0.2) is 24.1 Å². The van der Waals surface area contributed by atoms with Crippen LogP contribution in [0.15, 0.2) is 200 Å². The molecule has 0 saturated heterocycles. The largest absolute Gasteiger partial charge is 0.306 e. The summed E-state index contributed by atoms with van der Waals surface area (Å²) in [6.07, 6.45) is 3.66. The number of aromatic nitrogens is 5. The van der Waals surface area contributed by atoms with Crippen LogP contribution < -0.4 is 0 Å². The summed E-state index contributed by atoms with van der Waals surface area (Å²) in [6.45, 7) is 0. The van der Waals surface area contributed by atoms with Gasteiger partial charge in [0, 0.05) is 40.1 Å². The lowest BCUT2D eigenvalue weighted by Crippen LogP contribution is -2.28. The van der Waals surface area contributed by atoms with Crippen molar-refractivity contribution in [1.82, 2.24) is 24.1 Å². The van der Waals surface area contributed by atoms with E-state index in [-0.39, 0.29) is 0 Å². The van der Waals surface area contributed by atoms with Gasteiger partial charge < -0.3 is 4.57 Å². The molecule has 0 aliphatic heterocycles. The average Bonchev–Trinajstić information content (AvgIpc) is 3.90. The molecule has 0 N–H and O–H groups in total. The molecular formula is C52H33N5. The van der Waals surface area contributed by atoms with Crippen molar-refractivity contribution in [2.45, 2.75) is 5.41 Å². The molecule has 0 unspecified atom stereocenters. The molecule has 0 amide bonds. The van der Waals surface area contributed by atoms with Gasteiger partial charge in [0.15, 0.2) is 0 Å². The van der Waals surface area contributed by atoms with Crippen molar-refractivity contribution < 1.29 is 0 Å². The quantitative estimate of drug-likeness (QED) is 0.177. The summed E-state index contributed by atoms with van der Waals surface area (Å²) in [7, 11) is 0. The highest BCUT2D eigenvalue weighted by Crippen LogP contribution is 2.56. The van der Waals surface area contributed by atoms with Crippen LogP contribution in [0.4, 0.5) is 0 Å². The van der Waals surface area contributed by atoms with Crippen LogP contribution in [0.1, 0.15) is 22.3 Å². The second-order valence-corrected chi connectivity index (χ2v) is 14.8. The molecule has 12 rings (SSSR count). The molecule has 0 bridgehead atoms. The summed E-state index contributed by atoms with van der Waals surface area (Å²) in [5.74, 6) is 0. The Labute approximate surface area is 328 Å². The van der Waals surface area contributed by atoms with Crippen molar-refractivity contribution >= 4 is 44.0 Å². The zero-order chi connectivity index (χ0) is 37.5. The number of rotatable bonds is 5. The fourth-order valence-electron chi connectivity index (χ4n) is 9.50. The van der Waals surface area contributed by atoms with E-state index in [1.165, 1.54) is 33.2 Å². The van der Waals surface area contributed by atoms with Gasteiger partial charge in [-0.2, -0.15) is 0 Å². The summed E-state index contributed by atoms with van der Waals surface area (Å²) in [5, 5.41) is 2.33. The fourth-order valence-corrected chi connectivity index (χ4v) is 9.50. The minimum Gasteiger partial charge on any atom is -0.306 e. The van der Waals surface area contributed by atoms with Gasteiger partial charge in [-0.3, -0.25) is 14.5 Å². The van der Waals surface area contributed by atoms with Crippen molar-refractivity contribution in [3.8, 4) is 33.8 Å². The minimum atomic E-state index is -0.509. The molecule has 11 aromatic rings. The van der Waals surface area contributed by atoms with Crippen molar-refractivity contribution in [3.05, 3.63) is 223 Å². The standard InChI is InChI=1S/C52H33N5/c1-3-13-36(14-4-1)52(37-15-5-2-6-16-37)43-19-9-7-18-41(43)48-44(52)33-42-40-17-8-10-20-45(40)57(51(42)55-48)39-29-25-35(26-30-39)34-23-27-38(28-24-34)56-46-21-11-31-53-49(46)50-47(56)22-12-32-54-50/h1-33H. The van der Waals surface area contributed by atoms with Gasteiger partial charge in [0.25, 0.3) is 0 Å². The van der Waals surface area contributed by atoms with Crippen molar-refractivity contribution in [3.63, 3.8) is 0 Å².